The molecule has 0 aliphatic carbocycles. The van der Waals surface area contributed by atoms with Crippen molar-refractivity contribution < 1.29 is 14.6 Å². The van der Waals surface area contributed by atoms with Crippen LogP contribution in [0.2, 0.25) is 0 Å². The summed E-state index contributed by atoms with van der Waals surface area (Å²) in [6.45, 7) is 3.27. The first kappa shape index (κ1) is 8.49. The van der Waals surface area contributed by atoms with Crippen molar-refractivity contribution in [1.29, 1.82) is 0 Å². The van der Waals surface area contributed by atoms with Crippen molar-refractivity contribution in [1.82, 2.24) is 5.32 Å². The van der Waals surface area contributed by atoms with E-state index in [1.807, 2.05) is 6.92 Å². The molecule has 11 heavy (non-hydrogen) atoms. The topological polar surface area (TPSA) is 58.6 Å². The molecule has 0 bridgehead atoms. The summed E-state index contributed by atoms with van der Waals surface area (Å²) in [6.07, 6.45) is -0.0524. The Labute approximate surface area is 65.5 Å². The summed E-state index contributed by atoms with van der Waals surface area (Å²) in [5.41, 5.74) is 0. The van der Waals surface area contributed by atoms with Crippen LogP contribution in [0.4, 0.5) is 0 Å². The van der Waals surface area contributed by atoms with Crippen LogP contribution in [0.25, 0.3) is 0 Å². The second-order valence-corrected chi connectivity index (χ2v) is 2.86. The molecule has 0 aromatic rings. The third kappa shape index (κ3) is 2.86. The standard InChI is InChI=1S/C7H13NO3/c1-5-4-11-6(3-8-5)2-7(9)10/h5-6,8H,2-4H2,1H3,(H,9,10). The summed E-state index contributed by atoms with van der Waals surface area (Å²) in [4.78, 5) is 10.2. The van der Waals surface area contributed by atoms with Crippen molar-refractivity contribution in [2.24, 2.45) is 0 Å². The fourth-order valence-corrected chi connectivity index (χ4v) is 1.06. The molecule has 2 atom stereocenters. The lowest BCUT2D eigenvalue weighted by Crippen LogP contribution is -2.45. The molecule has 4 nitrogen and oxygen atoms in total. The average Bonchev–Trinajstić information content (AvgIpc) is 1.93. The van der Waals surface area contributed by atoms with E-state index in [4.69, 9.17) is 9.84 Å². The first-order chi connectivity index (χ1) is 5.18. The van der Waals surface area contributed by atoms with E-state index < -0.39 is 5.97 Å². The summed E-state index contributed by atoms with van der Waals surface area (Å²) in [7, 11) is 0. The van der Waals surface area contributed by atoms with E-state index >= 15 is 0 Å². The molecule has 2 N–H and O–H groups in total. The van der Waals surface area contributed by atoms with Crippen LogP contribution in [0.3, 0.4) is 0 Å². The van der Waals surface area contributed by atoms with Gasteiger partial charge in [0.25, 0.3) is 0 Å². The Morgan fingerprint density at radius 3 is 3.00 bits per heavy atom. The summed E-state index contributed by atoms with van der Waals surface area (Å²) < 4.78 is 5.26. The van der Waals surface area contributed by atoms with Crippen molar-refractivity contribution in [3.8, 4) is 0 Å². The maximum atomic E-state index is 10.2. The maximum absolute atomic E-state index is 10.2. The van der Waals surface area contributed by atoms with E-state index in [2.05, 4.69) is 5.32 Å². The van der Waals surface area contributed by atoms with Gasteiger partial charge in [-0.25, -0.2) is 0 Å². The van der Waals surface area contributed by atoms with Crippen molar-refractivity contribution in [3.05, 3.63) is 0 Å². The second kappa shape index (κ2) is 3.69. The summed E-state index contributed by atoms with van der Waals surface area (Å²) in [5.74, 6) is -0.800. The SMILES string of the molecule is CC1COC(CC(=O)O)CN1. The first-order valence-electron chi connectivity index (χ1n) is 3.75. The van der Waals surface area contributed by atoms with Crippen LogP contribution < -0.4 is 5.32 Å². The quantitative estimate of drug-likeness (QED) is 0.587. The zero-order valence-corrected chi connectivity index (χ0v) is 6.54. The number of hydrogen-bond donors (Lipinski definition) is 2. The van der Waals surface area contributed by atoms with Gasteiger partial charge in [-0.3, -0.25) is 4.79 Å². The summed E-state index contributed by atoms with van der Waals surface area (Å²) in [6, 6.07) is 0.347. The minimum Gasteiger partial charge on any atom is -0.481 e. The maximum Gasteiger partial charge on any atom is 0.306 e. The second-order valence-electron chi connectivity index (χ2n) is 2.86. The molecule has 1 saturated heterocycles. The van der Waals surface area contributed by atoms with Crippen LogP contribution >= 0.6 is 0 Å². The number of carbonyl (C=O) groups is 1. The molecule has 0 spiro atoms. The van der Waals surface area contributed by atoms with E-state index in [-0.39, 0.29) is 12.5 Å². The summed E-state index contributed by atoms with van der Waals surface area (Å²) in [5, 5.41) is 11.6. The lowest BCUT2D eigenvalue weighted by Gasteiger charge is -2.27. The number of carboxylic acid groups (broad SMARTS) is 1. The monoisotopic (exact) mass is 159 g/mol. The van der Waals surface area contributed by atoms with Crippen molar-refractivity contribution in [3.63, 3.8) is 0 Å². The molecule has 1 heterocycles. The number of rotatable bonds is 2. The van der Waals surface area contributed by atoms with Crippen molar-refractivity contribution >= 4 is 5.97 Å². The van der Waals surface area contributed by atoms with Gasteiger partial charge in [0.05, 0.1) is 19.1 Å². The highest BCUT2D eigenvalue weighted by molar-refractivity contribution is 5.67. The third-order valence-electron chi connectivity index (χ3n) is 1.68. The normalized spacial score (nSPS) is 31.7. The lowest BCUT2D eigenvalue weighted by molar-refractivity contribution is -0.141. The molecule has 4 heteroatoms. The Kier molecular flexibility index (Phi) is 2.84. The molecule has 0 saturated carbocycles. The number of hydrogen-bond acceptors (Lipinski definition) is 3. The molecule has 2 unspecified atom stereocenters. The van der Waals surface area contributed by atoms with Gasteiger partial charge in [0.15, 0.2) is 0 Å². The molecule has 1 aliphatic heterocycles. The van der Waals surface area contributed by atoms with Gasteiger partial charge in [0.1, 0.15) is 0 Å². The Morgan fingerprint density at radius 1 is 1.82 bits per heavy atom. The van der Waals surface area contributed by atoms with Crippen molar-refractivity contribution in [2.75, 3.05) is 13.2 Å². The zero-order valence-electron chi connectivity index (χ0n) is 6.54. The molecule has 0 radical (unpaired) electrons. The van der Waals surface area contributed by atoms with E-state index in [0.717, 1.165) is 0 Å². The Hall–Kier alpha value is -0.610. The molecular formula is C7H13NO3. The first-order valence-corrected chi connectivity index (χ1v) is 3.75. The van der Waals surface area contributed by atoms with Crippen LogP contribution in [0, 0.1) is 0 Å². The molecule has 0 amide bonds. The number of ether oxygens (including phenoxy) is 1. The highest BCUT2D eigenvalue weighted by Crippen LogP contribution is 2.04. The number of aliphatic carboxylic acids is 1. The van der Waals surface area contributed by atoms with Gasteiger partial charge in [0, 0.05) is 12.6 Å². The van der Waals surface area contributed by atoms with Gasteiger partial charge in [0.2, 0.25) is 0 Å². The van der Waals surface area contributed by atoms with Crippen LogP contribution in [-0.2, 0) is 9.53 Å². The van der Waals surface area contributed by atoms with E-state index in [1.54, 1.807) is 0 Å². The average molecular weight is 159 g/mol. The number of nitrogens with one attached hydrogen (secondary N) is 1. The van der Waals surface area contributed by atoms with Crippen LogP contribution in [0.1, 0.15) is 13.3 Å². The fourth-order valence-electron chi connectivity index (χ4n) is 1.06. The van der Waals surface area contributed by atoms with E-state index in [0.29, 0.717) is 19.2 Å². The lowest BCUT2D eigenvalue weighted by atomic mass is 10.2. The Bertz CT molecular complexity index is 141. The zero-order chi connectivity index (χ0) is 8.27. The fraction of sp³-hybridized carbons (Fsp3) is 0.857. The smallest absolute Gasteiger partial charge is 0.306 e. The number of carboxylic acids is 1. The Balaban J connectivity index is 2.22. The Morgan fingerprint density at radius 2 is 2.55 bits per heavy atom. The molecule has 1 aliphatic rings. The van der Waals surface area contributed by atoms with Gasteiger partial charge in [-0.2, -0.15) is 0 Å². The van der Waals surface area contributed by atoms with Gasteiger partial charge in [-0.05, 0) is 6.92 Å². The predicted molar refractivity (Wildman–Crippen MR) is 39.5 cm³/mol. The minimum absolute atomic E-state index is 0.0969. The largest absolute Gasteiger partial charge is 0.481 e. The molecule has 1 fully saturated rings. The van der Waals surface area contributed by atoms with Crippen LogP contribution in [0.5, 0.6) is 0 Å². The molecule has 0 aromatic carbocycles. The minimum atomic E-state index is -0.800. The van der Waals surface area contributed by atoms with Crippen LogP contribution in [0.15, 0.2) is 0 Å². The highest BCUT2D eigenvalue weighted by atomic mass is 16.5. The van der Waals surface area contributed by atoms with Gasteiger partial charge >= 0.3 is 5.97 Å². The van der Waals surface area contributed by atoms with Crippen LogP contribution in [-0.4, -0.2) is 36.4 Å². The predicted octanol–water partition coefficient (Wildman–Crippen LogP) is -0.162. The molecule has 64 valence electrons. The van der Waals surface area contributed by atoms with E-state index in [1.165, 1.54) is 0 Å². The third-order valence-corrected chi connectivity index (χ3v) is 1.68. The highest BCUT2D eigenvalue weighted by Gasteiger charge is 2.19. The van der Waals surface area contributed by atoms with Crippen molar-refractivity contribution in [2.45, 2.75) is 25.5 Å². The molecular weight excluding hydrogens is 146 g/mol. The van der Waals surface area contributed by atoms with Gasteiger partial charge in [-0.15, -0.1) is 0 Å². The van der Waals surface area contributed by atoms with Gasteiger partial charge < -0.3 is 15.2 Å². The number of morpholine rings is 1. The summed E-state index contributed by atoms with van der Waals surface area (Å²) >= 11 is 0. The molecule has 0 aromatic heterocycles. The van der Waals surface area contributed by atoms with E-state index in [9.17, 15) is 4.79 Å². The van der Waals surface area contributed by atoms with Gasteiger partial charge in [-0.1, -0.05) is 0 Å². The molecule has 1 rings (SSSR count).